The van der Waals surface area contributed by atoms with Gasteiger partial charge < -0.3 is 26.9 Å². The lowest BCUT2D eigenvalue weighted by molar-refractivity contribution is -0.892. The SMILES string of the molecule is C=CC(=O)NC[N+](C)(C)CCOC(=O)C=C.[Cl-]. The lowest BCUT2D eigenvalue weighted by Crippen LogP contribution is -3.00. The molecule has 0 aromatic rings. The Morgan fingerprint density at radius 3 is 2.35 bits per heavy atom. The number of carbonyl (C=O) groups excluding carboxylic acids is 2. The van der Waals surface area contributed by atoms with Crippen LogP contribution >= 0.6 is 0 Å². The molecule has 6 heteroatoms. The summed E-state index contributed by atoms with van der Waals surface area (Å²) in [4.78, 5) is 21.7. The molecule has 0 fully saturated rings. The van der Waals surface area contributed by atoms with Crippen molar-refractivity contribution in [1.82, 2.24) is 5.32 Å². The van der Waals surface area contributed by atoms with Crippen LogP contribution in [0, 0.1) is 0 Å². The van der Waals surface area contributed by atoms with E-state index in [-0.39, 0.29) is 18.3 Å². The molecule has 98 valence electrons. The molecule has 0 unspecified atom stereocenters. The molecule has 17 heavy (non-hydrogen) atoms. The molecule has 0 rings (SSSR count). The Kier molecular flexibility index (Phi) is 9.32. The molecule has 0 bridgehead atoms. The average molecular weight is 263 g/mol. The van der Waals surface area contributed by atoms with E-state index in [1.807, 2.05) is 14.1 Å². The molecule has 0 atom stereocenters. The smallest absolute Gasteiger partial charge is 0.330 e. The number of likely N-dealkylation sites (N-methyl/N-ethyl adjacent to an activating group) is 1. The Morgan fingerprint density at radius 2 is 1.88 bits per heavy atom. The number of hydrogen-bond donors (Lipinski definition) is 1. The highest BCUT2D eigenvalue weighted by molar-refractivity contribution is 5.86. The summed E-state index contributed by atoms with van der Waals surface area (Å²) in [6.45, 7) is 8.01. The van der Waals surface area contributed by atoms with Gasteiger partial charge in [0.05, 0.1) is 14.1 Å². The first-order valence-electron chi connectivity index (χ1n) is 4.93. The molecular weight excluding hydrogens is 244 g/mol. The van der Waals surface area contributed by atoms with E-state index < -0.39 is 5.97 Å². The predicted octanol–water partition coefficient (Wildman–Crippen LogP) is -2.94. The number of quaternary nitrogens is 1. The highest BCUT2D eigenvalue weighted by Gasteiger charge is 2.15. The van der Waals surface area contributed by atoms with Crippen LogP contribution < -0.4 is 17.7 Å². The topological polar surface area (TPSA) is 55.4 Å². The van der Waals surface area contributed by atoms with E-state index in [9.17, 15) is 9.59 Å². The highest BCUT2D eigenvalue weighted by atomic mass is 35.5. The van der Waals surface area contributed by atoms with Gasteiger partial charge in [-0.05, 0) is 6.08 Å². The third kappa shape index (κ3) is 9.59. The fourth-order valence-corrected chi connectivity index (χ4v) is 0.895. The minimum absolute atomic E-state index is 0. The Hall–Kier alpha value is -1.33. The molecule has 0 aromatic heterocycles. The third-order valence-corrected chi connectivity index (χ3v) is 1.97. The fourth-order valence-electron chi connectivity index (χ4n) is 0.895. The molecule has 0 radical (unpaired) electrons. The maximum absolute atomic E-state index is 10.9. The van der Waals surface area contributed by atoms with Gasteiger partial charge in [-0.2, -0.15) is 0 Å². The Bertz CT molecular complexity index is 290. The molecule has 1 N–H and O–H groups in total. The first-order chi connectivity index (χ1) is 7.41. The molecule has 0 aliphatic rings. The van der Waals surface area contributed by atoms with Gasteiger partial charge in [0.15, 0.2) is 6.67 Å². The van der Waals surface area contributed by atoms with Gasteiger partial charge >= 0.3 is 5.97 Å². The van der Waals surface area contributed by atoms with Crippen molar-refractivity contribution >= 4 is 11.9 Å². The molecule has 0 heterocycles. The summed E-state index contributed by atoms with van der Waals surface area (Å²) >= 11 is 0. The summed E-state index contributed by atoms with van der Waals surface area (Å²) in [5.41, 5.74) is 0. The Morgan fingerprint density at radius 1 is 1.29 bits per heavy atom. The van der Waals surface area contributed by atoms with Crippen LogP contribution in [0.1, 0.15) is 0 Å². The molecule has 5 nitrogen and oxygen atoms in total. The maximum atomic E-state index is 10.9. The van der Waals surface area contributed by atoms with E-state index in [1.165, 1.54) is 6.08 Å². The molecule has 1 amide bonds. The minimum atomic E-state index is -0.435. The summed E-state index contributed by atoms with van der Waals surface area (Å²) in [5, 5.41) is 2.68. The van der Waals surface area contributed by atoms with Gasteiger partial charge in [-0.15, -0.1) is 0 Å². The van der Waals surface area contributed by atoms with Crippen molar-refractivity contribution in [1.29, 1.82) is 0 Å². The van der Waals surface area contributed by atoms with Crippen LogP contribution in [0.4, 0.5) is 0 Å². The molecule has 0 aliphatic carbocycles. The summed E-state index contributed by atoms with van der Waals surface area (Å²) < 4.78 is 5.37. The number of nitrogens with one attached hydrogen (secondary N) is 1. The number of halogens is 1. The number of ether oxygens (including phenoxy) is 1. The molecule has 0 spiro atoms. The van der Waals surface area contributed by atoms with Crippen LogP contribution in [-0.2, 0) is 14.3 Å². The quantitative estimate of drug-likeness (QED) is 0.231. The number of amides is 1. The van der Waals surface area contributed by atoms with Crippen LogP contribution in [0.5, 0.6) is 0 Å². The van der Waals surface area contributed by atoms with Crippen molar-refractivity contribution in [3.63, 3.8) is 0 Å². The maximum Gasteiger partial charge on any atom is 0.330 e. The van der Waals surface area contributed by atoms with Crippen molar-refractivity contribution < 1.29 is 31.2 Å². The lowest BCUT2D eigenvalue weighted by atomic mass is 10.5. The van der Waals surface area contributed by atoms with Crippen LogP contribution in [0.15, 0.2) is 25.3 Å². The molecule has 0 aliphatic heterocycles. The van der Waals surface area contributed by atoms with Gasteiger partial charge in [0.25, 0.3) is 0 Å². The van der Waals surface area contributed by atoms with E-state index >= 15 is 0 Å². The number of hydrogen-bond acceptors (Lipinski definition) is 3. The van der Waals surface area contributed by atoms with Crippen LogP contribution in [0.3, 0.4) is 0 Å². The predicted molar refractivity (Wildman–Crippen MR) is 61.3 cm³/mol. The van der Waals surface area contributed by atoms with Crippen LogP contribution in [-0.4, -0.2) is 50.3 Å². The Labute approximate surface area is 108 Å². The van der Waals surface area contributed by atoms with Crippen molar-refractivity contribution in [2.24, 2.45) is 0 Å². The van der Waals surface area contributed by atoms with Crippen molar-refractivity contribution in [2.75, 3.05) is 33.9 Å². The first kappa shape index (κ1) is 18.0. The van der Waals surface area contributed by atoms with E-state index in [4.69, 9.17) is 4.74 Å². The van der Waals surface area contributed by atoms with E-state index in [0.717, 1.165) is 6.08 Å². The second kappa shape index (κ2) is 8.78. The van der Waals surface area contributed by atoms with Crippen LogP contribution in [0.2, 0.25) is 0 Å². The van der Waals surface area contributed by atoms with Gasteiger partial charge in [-0.3, -0.25) is 4.79 Å². The van der Waals surface area contributed by atoms with Crippen molar-refractivity contribution in [3.05, 3.63) is 25.3 Å². The summed E-state index contributed by atoms with van der Waals surface area (Å²) in [5.74, 6) is -0.649. The zero-order valence-electron chi connectivity index (χ0n) is 10.2. The molecule has 0 saturated heterocycles. The lowest BCUT2D eigenvalue weighted by Gasteiger charge is -2.29. The van der Waals surface area contributed by atoms with Gasteiger partial charge in [0.1, 0.15) is 13.2 Å². The van der Waals surface area contributed by atoms with E-state index in [1.54, 1.807) is 0 Å². The second-order valence-corrected chi connectivity index (χ2v) is 3.93. The van der Waals surface area contributed by atoms with Crippen molar-refractivity contribution in [2.45, 2.75) is 0 Å². The molecule has 0 aromatic carbocycles. The summed E-state index contributed by atoms with van der Waals surface area (Å²) in [6.07, 6.45) is 2.34. The number of nitrogens with zero attached hydrogens (tertiary/aromatic N) is 1. The zero-order chi connectivity index (χ0) is 12.6. The van der Waals surface area contributed by atoms with Gasteiger partial charge in [0.2, 0.25) is 5.91 Å². The number of esters is 1. The van der Waals surface area contributed by atoms with Gasteiger partial charge in [-0.1, -0.05) is 13.2 Å². The van der Waals surface area contributed by atoms with Gasteiger partial charge in [-0.25, -0.2) is 4.79 Å². The third-order valence-electron chi connectivity index (χ3n) is 1.97. The normalized spacial score (nSPS) is 9.76. The Balaban J connectivity index is 0. The van der Waals surface area contributed by atoms with Gasteiger partial charge in [0, 0.05) is 6.08 Å². The average Bonchev–Trinajstić information content (AvgIpc) is 2.25. The van der Waals surface area contributed by atoms with Crippen molar-refractivity contribution in [3.8, 4) is 0 Å². The molecular formula is C11H19ClN2O3. The fraction of sp³-hybridized carbons (Fsp3) is 0.455. The first-order valence-corrected chi connectivity index (χ1v) is 4.93. The van der Waals surface area contributed by atoms with Crippen LogP contribution in [0.25, 0.3) is 0 Å². The second-order valence-electron chi connectivity index (χ2n) is 3.93. The highest BCUT2D eigenvalue weighted by Crippen LogP contribution is 1.94. The summed E-state index contributed by atoms with van der Waals surface area (Å²) in [7, 11) is 3.84. The largest absolute Gasteiger partial charge is 1.00 e. The zero-order valence-corrected chi connectivity index (χ0v) is 11.0. The number of rotatable bonds is 7. The van der Waals surface area contributed by atoms with E-state index in [0.29, 0.717) is 24.3 Å². The minimum Gasteiger partial charge on any atom is -1.00 e. The summed E-state index contributed by atoms with van der Waals surface area (Å²) in [6, 6.07) is 0. The number of carbonyl (C=O) groups is 2. The van der Waals surface area contributed by atoms with E-state index in [2.05, 4.69) is 18.5 Å². The monoisotopic (exact) mass is 262 g/mol. The molecule has 0 saturated carbocycles. The standard InChI is InChI=1S/C11H18N2O3.ClH/c1-5-10(14)12-9-13(3,4)7-8-16-11(15)6-2;/h5-6H,1-2,7-9H2,3-4H3;1H.